The molecule has 3 aromatic heterocycles. The van der Waals surface area contributed by atoms with Crippen LogP contribution in [0.1, 0.15) is 0 Å². The summed E-state index contributed by atoms with van der Waals surface area (Å²) in [7, 11) is 0. The summed E-state index contributed by atoms with van der Waals surface area (Å²) in [5, 5.41) is 9.42. The van der Waals surface area contributed by atoms with Crippen LogP contribution in [-0.2, 0) is 0 Å². The van der Waals surface area contributed by atoms with Crippen molar-refractivity contribution in [3.05, 3.63) is 164 Å². The highest BCUT2D eigenvalue weighted by Gasteiger charge is 2.27. The summed E-state index contributed by atoms with van der Waals surface area (Å²) in [6.45, 7) is 0. The van der Waals surface area contributed by atoms with Gasteiger partial charge in [-0.3, -0.25) is 9.13 Å². The van der Waals surface area contributed by atoms with Crippen LogP contribution in [0.25, 0.3) is 111 Å². The van der Waals surface area contributed by atoms with Crippen molar-refractivity contribution in [2.45, 2.75) is 0 Å². The van der Waals surface area contributed by atoms with E-state index < -0.39 is 0 Å². The van der Waals surface area contributed by atoms with E-state index in [9.17, 15) is 0 Å². The number of hydrogen-bond acceptors (Lipinski definition) is 3. The molecule has 8 aromatic carbocycles. The van der Waals surface area contributed by atoms with E-state index in [0.717, 1.165) is 54.6 Å². The SMILES string of the molecule is c1ccc2c(c1)-c1ccc(-c3nc(-n4c5ccccc5c5ccccc54)nc(-n4c5ccccc5c5ccccc54)n3)c3c1c-2cc1ccccc13. The van der Waals surface area contributed by atoms with E-state index in [4.69, 9.17) is 15.0 Å². The van der Waals surface area contributed by atoms with Crippen LogP contribution in [0.3, 0.4) is 0 Å². The Hall–Kier alpha value is -7.11. The molecule has 5 heteroatoms. The van der Waals surface area contributed by atoms with Crippen molar-refractivity contribution < 1.29 is 0 Å². The first-order valence-corrected chi connectivity index (χ1v) is 17.6. The second-order valence-electron chi connectivity index (χ2n) is 13.6. The molecule has 11 aromatic rings. The molecule has 3 heterocycles. The van der Waals surface area contributed by atoms with Crippen molar-refractivity contribution >= 4 is 65.2 Å². The molecule has 12 rings (SSSR count). The number of fused-ring (bicyclic) bond motifs is 11. The van der Waals surface area contributed by atoms with Gasteiger partial charge in [0.2, 0.25) is 11.9 Å². The second-order valence-corrected chi connectivity index (χ2v) is 13.6. The average Bonchev–Trinajstić information content (AvgIpc) is 3.84. The maximum Gasteiger partial charge on any atom is 0.240 e. The van der Waals surface area contributed by atoms with Gasteiger partial charge in [-0.2, -0.15) is 15.0 Å². The summed E-state index contributed by atoms with van der Waals surface area (Å²) in [6.07, 6.45) is 0. The molecule has 0 radical (unpaired) electrons. The Kier molecular flexibility index (Phi) is 5.44. The van der Waals surface area contributed by atoms with Crippen molar-refractivity contribution in [1.82, 2.24) is 24.1 Å². The lowest BCUT2D eigenvalue weighted by atomic mass is 9.92. The Morgan fingerprint density at radius 1 is 0.308 bits per heavy atom. The Balaban J connectivity index is 1.25. The average molecular weight is 662 g/mol. The van der Waals surface area contributed by atoms with Crippen LogP contribution in [0.2, 0.25) is 0 Å². The van der Waals surface area contributed by atoms with Crippen molar-refractivity contribution in [2.24, 2.45) is 0 Å². The van der Waals surface area contributed by atoms with Gasteiger partial charge in [0.15, 0.2) is 5.82 Å². The molecule has 0 saturated carbocycles. The second kappa shape index (κ2) is 10.2. The number of benzene rings is 8. The van der Waals surface area contributed by atoms with Gasteiger partial charge < -0.3 is 0 Å². The molecule has 0 fully saturated rings. The van der Waals surface area contributed by atoms with E-state index >= 15 is 0 Å². The first kappa shape index (κ1) is 27.7. The molecule has 0 spiro atoms. The quantitative estimate of drug-likeness (QED) is 0.177. The lowest BCUT2D eigenvalue weighted by Gasteiger charge is -2.15. The third-order valence-electron chi connectivity index (χ3n) is 10.9. The molecule has 0 atom stereocenters. The predicted octanol–water partition coefficient (Wildman–Crippen LogP) is 11.7. The van der Waals surface area contributed by atoms with Gasteiger partial charge in [-0.05, 0) is 74.8 Å². The molecule has 0 saturated heterocycles. The molecule has 0 unspecified atom stereocenters. The Morgan fingerprint density at radius 3 is 1.27 bits per heavy atom. The third kappa shape index (κ3) is 3.64. The fraction of sp³-hybridized carbons (Fsp3) is 0. The summed E-state index contributed by atoms with van der Waals surface area (Å²) in [6, 6.07) is 58.3. The molecule has 0 N–H and O–H groups in total. The summed E-state index contributed by atoms with van der Waals surface area (Å²) < 4.78 is 4.39. The zero-order valence-corrected chi connectivity index (χ0v) is 27.8. The lowest BCUT2D eigenvalue weighted by molar-refractivity contribution is 0.893. The largest absolute Gasteiger partial charge is 0.278 e. The minimum absolute atomic E-state index is 0.579. The van der Waals surface area contributed by atoms with Crippen molar-refractivity contribution in [3.8, 4) is 45.5 Å². The van der Waals surface area contributed by atoms with Crippen LogP contribution in [0.5, 0.6) is 0 Å². The van der Waals surface area contributed by atoms with E-state index in [1.165, 1.54) is 38.4 Å². The first-order chi connectivity index (χ1) is 25.8. The summed E-state index contributed by atoms with van der Waals surface area (Å²) in [5.41, 5.74) is 10.2. The van der Waals surface area contributed by atoms with Crippen LogP contribution >= 0.6 is 0 Å². The van der Waals surface area contributed by atoms with E-state index in [1.807, 2.05) is 0 Å². The number of aromatic nitrogens is 5. The molecule has 240 valence electrons. The minimum atomic E-state index is 0.579. The Morgan fingerprint density at radius 2 is 0.731 bits per heavy atom. The zero-order valence-electron chi connectivity index (χ0n) is 27.8. The van der Waals surface area contributed by atoms with Gasteiger partial charge in [0.25, 0.3) is 0 Å². The number of rotatable bonds is 3. The highest BCUT2D eigenvalue weighted by atomic mass is 15.3. The number of para-hydroxylation sites is 4. The van der Waals surface area contributed by atoms with Crippen molar-refractivity contribution in [3.63, 3.8) is 0 Å². The fourth-order valence-corrected chi connectivity index (χ4v) is 8.77. The Bertz CT molecular complexity index is 3070. The highest BCUT2D eigenvalue weighted by molar-refractivity contribution is 6.27. The third-order valence-corrected chi connectivity index (χ3v) is 10.9. The predicted molar refractivity (Wildman–Crippen MR) is 213 cm³/mol. The van der Waals surface area contributed by atoms with Gasteiger partial charge in [0.1, 0.15) is 0 Å². The summed E-state index contributed by atoms with van der Waals surface area (Å²) in [4.78, 5) is 16.2. The molecule has 1 aliphatic rings. The van der Waals surface area contributed by atoms with Gasteiger partial charge >= 0.3 is 0 Å². The first-order valence-electron chi connectivity index (χ1n) is 17.6. The Labute approximate surface area is 297 Å². The van der Waals surface area contributed by atoms with E-state index in [2.05, 4.69) is 173 Å². The normalized spacial score (nSPS) is 12.2. The lowest BCUT2D eigenvalue weighted by Crippen LogP contribution is -2.10. The van der Waals surface area contributed by atoms with E-state index in [-0.39, 0.29) is 0 Å². The van der Waals surface area contributed by atoms with Crippen LogP contribution < -0.4 is 0 Å². The van der Waals surface area contributed by atoms with Crippen LogP contribution in [-0.4, -0.2) is 24.1 Å². The number of hydrogen-bond donors (Lipinski definition) is 0. The molecule has 0 bridgehead atoms. The topological polar surface area (TPSA) is 48.5 Å². The molecule has 52 heavy (non-hydrogen) atoms. The maximum absolute atomic E-state index is 5.43. The summed E-state index contributed by atoms with van der Waals surface area (Å²) >= 11 is 0. The standard InChI is InChI=1S/C47H27N5/c1-2-14-29-28(13-1)27-38-31-16-4-3-15-30(31)36-25-26-37(43(29)44(36)38)45-48-46(51-39-21-9-5-17-32(39)33-18-6-10-22-40(33)51)50-47(49-45)52-41-23-11-7-19-34(41)35-20-8-12-24-42(35)52/h1-27H. The zero-order chi connectivity index (χ0) is 33.9. The van der Waals surface area contributed by atoms with Gasteiger partial charge in [0.05, 0.1) is 22.1 Å². The smallest absolute Gasteiger partial charge is 0.240 e. The highest BCUT2D eigenvalue weighted by Crippen LogP contribution is 2.51. The molecule has 1 aliphatic carbocycles. The van der Waals surface area contributed by atoms with Crippen LogP contribution in [0.15, 0.2) is 164 Å². The summed E-state index contributed by atoms with van der Waals surface area (Å²) in [5.74, 6) is 1.79. The van der Waals surface area contributed by atoms with Gasteiger partial charge in [0, 0.05) is 32.5 Å². The maximum atomic E-state index is 5.43. The van der Waals surface area contributed by atoms with Crippen molar-refractivity contribution in [1.29, 1.82) is 0 Å². The van der Waals surface area contributed by atoms with Crippen molar-refractivity contribution in [2.75, 3.05) is 0 Å². The molecule has 0 aliphatic heterocycles. The van der Waals surface area contributed by atoms with Gasteiger partial charge in [-0.1, -0.05) is 127 Å². The fourth-order valence-electron chi connectivity index (χ4n) is 8.77. The van der Waals surface area contributed by atoms with Crippen LogP contribution in [0.4, 0.5) is 0 Å². The van der Waals surface area contributed by atoms with Gasteiger partial charge in [-0.25, -0.2) is 0 Å². The molecular formula is C47H27N5. The minimum Gasteiger partial charge on any atom is -0.278 e. The van der Waals surface area contributed by atoms with Gasteiger partial charge in [-0.15, -0.1) is 0 Å². The van der Waals surface area contributed by atoms with Crippen LogP contribution in [0, 0.1) is 0 Å². The molecular weight excluding hydrogens is 635 g/mol. The molecule has 5 nitrogen and oxygen atoms in total. The van der Waals surface area contributed by atoms with E-state index in [1.54, 1.807) is 0 Å². The monoisotopic (exact) mass is 661 g/mol. The number of nitrogens with zero attached hydrogens (tertiary/aromatic N) is 5. The van der Waals surface area contributed by atoms with E-state index in [0.29, 0.717) is 17.7 Å². The molecule has 0 amide bonds.